The molecule has 4 aliphatic carbocycles. The van der Waals surface area contributed by atoms with Gasteiger partial charge in [0, 0.05) is 11.0 Å². The Hall–Kier alpha value is -1.86. The van der Waals surface area contributed by atoms with Crippen LogP contribution in [-0.4, -0.2) is 65.7 Å². The first kappa shape index (κ1) is 37.9. The number of fused-ring (bicyclic) bond motifs is 3. The number of sulfonamides is 1. The molecule has 11 nitrogen and oxygen atoms in total. The lowest BCUT2D eigenvalue weighted by Gasteiger charge is -2.71. The van der Waals surface area contributed by atoms with E-state index in [1.165, 1.54) is 16.6 Å². The molecule has 0 amide bonds. The van der Waals surface area contributed by atoms with E-state index in [1.54, 1.807) is 0 Å². The average molecular weight is 718 g/mol. The average Bonchev–Trinajstić information content (AvgIpc) is 3.51. The van der Waals surface area contributed by atoms with Gasteiger partial charge < -0.3 is 20.3 Å². The van der Waals surface area contributed by atoms with Crippen molar-refractivity contribution in [2.45, 2.75) is 131 Å². The number of primary sulfonamides is 1. The Morgan fingerprint density at radius 3 is 2.40 bits per heavy atom. The summed E-state index contributed by atoms with van der Waals surface area (Å²) in [5.74, 6) is -0.145. The molecule has 282 valence electrons. The quantitative estimate of drug-likeness (QED) is 0.266. The fourth-order valence-corrected chi connectivity index (χ4v) is 12.8. The van der Waals surface area contributed by atoms with Crippen molar-refractivity contribution in [3.05, 3.63) is 18.0 Å². The van der Waals surface area contributed by atoms with Crippen LogP contribution in [0.2, 0.25) is 0 Å². The lowest BCUT2D eigenvalue weighted by Crippen LogP contribution is -2.70. The lowest BCUT2D eigenvalue weighted by molar-refractivity contribution is -0.255. The summed E-state index contributed by atoms with van der Waals surface area (Å²) in [5, 5.41) is 21.1. The Morgan fingerprint density at radius 1 is 1.12 bits per heavy atom. The van der Waals surface area contributed by atoms with Crippen molar-refractivity contribution in [3.8, 4) is 0 Å². The van der Waals surface area contributed by atoms with Crippen molar-refractivity contribution in [1.82, 2.24) is 14.8 Å². The minimum atomic E-state index is -4.18. The van der Waals surface area contributed by atoms with Crippen LogP contribution in [0.4, 0.5) is 0 Å². The number of ether oxygens (including phenoxy) is 2. The molecule has 0 spiro atoms. The first-order valence-electron chi connectivity index (χ1n) is 18.8. The molecular formula is C38H63N5O6S. The number of aliphatic carboxylic acids is 1. The van der Waals surface area contributed by atoms with Crippen molar-refractivity contribution in [2.24, 2.45) is 73.5 Å². The van der Waals surface area contributed by atoms with Crippen LogP contribution in [0.1, 0.15) is 114 Å². The fourth-order valence-electron chi connectivity index (χ4n) is 12.2. The topological polar surface area (TPSA) is 173 Å². The Labute approximate surface area is 299 Å². The SMILES string of the molecule is CC(C)[C@@H](C)[C@@]1(C)CC[C@]2(C)[C@H]3CC[C@@H]4[C@@]5(C)COC[C@@]4(C3=CC[C@@]2(C)[C@@H]1C(=O)O)[C@@H](OC[C@](C)(N)C(C)C)[C@H](n1ncnc1S(N)(=O)=O)C5. The molecular weight excluding hydrogens is 655 g/mol. The number of carboxylic acid groups (broad SMARTS) is 1. The summed E-state index contributed by atoms with van der Waals surface area (Å²) < 4.78 is 41.0. The van der Waals surface area contributed by atoms with Crippen molar-refractivity contribution in [1.29, 1.82) is 0 Å². The first-order valence-corrected chi connectivity index (χ1v) is 20.4. The smallest absolute Gasteiger partial charge is 0.307 e. The van der Waals surface area contributed by atoms with Crippen molar-refractivity contribution < 1.29 is 27.8 Å². The van der Waals surface area contributed by atoms with E-state index in [2.05, 4.69) is 78.5 Å². The van der Waals surface area contributed by atoms with Gasteiger partial charge in [0.25, 0.3) is 15.2 Å². The third-order valence-electron chi connectivity index (χ3n) is 16.0. The van der Waals surface area contributed by atoms with E-state index in [9.17, 15) is 18.3 Å². The number of nitrogens with zero attached hydrogens (tertiary/aromatic N) is 3. The molecule has 1 aromatic rings. The summed E-state index contributed by atoms with van der Waals surface area (Å²) in [6, 6.07) is -0.493. The number of hydrogen-bond donors (Lipinski definition) is 3. The van der Waals surface area contributed by atoms with E-state index in [4.69, 9.17) is 20.3 Å². The van der Waals surface area contributed by atoms with Gasteiger partial charge in [-0.05, 0) is 96.7 Å². The Bertz CT molecular complexity index is 1640. The standard InChI is InChI=1S/C38H63N5O6S/c1-22(2)24(5)34(7)15-16-35(8)25-11-12-28-33(6)17-27(43-32(41-21-42-43)50(40,46)47)30(49-19-37(10,39)23(3)4)38(28,20-48-18-33)26(25)13-14-36(35,9)29(34)31(44)45/h13,21-25,27-30H,11-12,14-20,39H2,1-10H3,(H,44,45)(H2,40,46,47)/t24-,25+,27-,28-,29-,30+,33-,34-,35-,36+,37+,38+/m1/s1. The minimum absolute atomic E-state index is 0.108. The van der Waals surface area contributed by atoms with E-state index in [1.807, 2.05) is 6.92 Å². The summed E-state index contributed by atoms with van der Waals surface area (Å²) in [6.07, 6.45) is 8.02. The summed E-state index contributed by atoms with van der Waals surface area (Å²) in [6.45, 7) is 23.2. The maximum absolute atomic E-state index is 13.5. The fraction of sp³-hybridized carbons (Fsp3) is 0.868. The van der Waals surface area contributed by atoms with E-state index in [0.717, 1.165) is 25.7 Å². The predicted molar refractivity (Wildman–Crippen MR) is 191 cm³/mol. The molecule has 12 heteroatoms. The summed E-state index contributed by atoms with van der Waals surface area (Å²) in [7, 11) is -4.18. The Kier molecular flexibility index (Phi) is 9.15. The van der Waals surface area contributed by atoms with Gasteiger partial charge in [-0.2, -0.15) is 5.10 Å². The number of nitrogens with two attached hydrogens (primary N) is 2. The third-order valence-corrected chi connectivity index (χ3v) is 16.8. The number of rotatable bonds is 9. The molecule has 4 fully saturated rings. The second kappa shape index (κ2) is 12.1. The number of allylic oxidation sites excluding steroid dienone is 1. The molecule has 0 radical (unpaired) electrons. The summed E-state index contributed by atoms with van der Waals surface area (Å²) >= 11 is 0. The molecule has 5 aliphatic rings. The van der Waals surface area contributed by atoms with Crippen LogP contribution in [0.15, 0.2) is 23.1 Å². The summed E-state index contributed by atoms with van der Waals surface area (Å²) in [5.41, 5.74) is 5.48. The van der Waals surface area contributed by atoms with Gasteiger partial charge in [-0.1, -0.05) is 74.0 Å². The highest BCUT2D eigenvalue weighted by molar-refractivity contribution is 7.89. The normalized spacial score (nSPS) is 43.3. The van der Waals surface area contributed by atoms with Crippen LogP contribution in [-0.2, 0) is 24.3 Å². The number of aromatic nitrogens is 3. The molecule has 3 saturated carbocycles. The highest BCUT2D eigenvalue weighted by atomic mass is 32.2. The predicted octanol–water partition coefficient (Wildman–Crippen LogP) is 5.81. The van der Waals surface area contributed by atoms with E-state index in [0.29, 0.717) is 32.0 Å². The Morgan fingerprint density at radius 2 is 1.80 bits per heavy atom. The van der Waals surface area contributed by atoms with Crippen LogP contribution < -0.4 is 10.9 Å². The molecule has 50 heavy (non-hydrogen) atoms. The van der Waals surface area contributed by atoms with Crippen LogP contribution >= 0.6 is 0 Å². The second-order valence-electron chi connectivity index (χ2n) is 19.1. The van der Waals surface area contributed by atoms with E-state index >= 15 is 0 Å². The number of hydrogen-bond acceptors (Lipinski definition) is 8. The molecule has 1 saturated heterocycles. The highest BCUT2D eigenvalue weighted by Crippen LogP contribution is 2.75. The monoisotopic (exact) mass is 717 g/mol. The molecule has 0 aromatic carbocycles. The molecule has 1 aromatic heterocycles. The molecule has 0 unspecified atom stereocenters. The van der Waals surface area contributed by atoms with E-state index < -0.39 is 50.4 Å². The van der Waals surface area contributed by atoms with Crippen LogP contribution in [0.25, 0.3) is 0 Å². The maximum Gasteiger partial charge on any atom is 0.307 e. The molecule has 5 N–H and O–H groups in total. The van der Waals surface area contributed by atoms with Gasteiger partial charge in [0.15, 0.2) is 0 Å². The van der Waals surface area contributed by atoms with Crippen molar-refractivity contribution in [2.75, 3.05) is 19.8 Å². The molecule has 1 aliphatic heterocycles. The zero-order chi connectivity index (χ0) is 37.0. The number of carbonyl (C=O) groups is 1. The van der Waals surface area contributed by atoms with Crippen LogP contribution in [0.5, 0.6) is 0 Å². The molecule has 6 rings (SSSR count). The zero-order valence-electron chi connectivity index (χ0n) is 32.0. The van der Waals surface area contributed by atoms with Crippen LogP contribution in [0, 0.1) is 62.6 Å². The van der Waals surface area contributed by atoms with E-state index in [-0.39, 0.29) is 51.7 Å². The highest BCUT2D eigenvalue weighted by Gasteiger charge is 2.73. The van der Waals surface area contributed by atoms with Gasteiger partial charge in [-0.25, -0.2) is 23.2 Å². The second-order valence-corrected chi connectivity index (χ2v) is 20.5. The van der Waals surface area contributed by atoms with Gasteiger partial charge >= 0.3 is 5.97 Å². The lowest BCUT2D eigenvalue weighted by atomic mass is 9.34. The number of carboxylic acids is 1. The maximum atomic E-state index is 13.5. The zero-order valence-corrected chi connectivity index (χ0v) is 32.8. The summed E-state index contributed by atoms with van der Waals surface area (Å²) in [4.78, 5) is 17.7. The van der Waals surface area contributed by atoms with Gasteiger partial charge in [-0.3, -0.25) is 4.79 Å². The molecule has 2 bridgehead atoms. The minimum Gasteiger partial charge on any atom is -0.481 e. The van der Waals surface area contributed by atoms with Crippen LogP contribution in [0.3, 0.4) is 0 Å². The van der Waals surface area contributed by atoms with Gasteiger partial charge in [0.1, 0.15) is 6.33 Å². The van der Waals surface area contributed by atoms with Gasteiger partial charge in [0.2, 0.25) is 0 Å². The Balaban J connectivity index is 1.55. The van der Waals surface area contributed by atoms with Gasteiger partial charge in [0.05, 0.1) is 37.9 Å². The van der Waals surface area contributed by atoms with Crippen molar-refractivity contribution >= 4 is 16.0 Å². The van der Waals surface area contributed by atoms with Gasteiger partial charge in [-0.15, -0.1) is 0 Å². The third kappa shape index (κ3) is 5.22. The first-order chi connectivity index (χ1) is 23.0. The largest absolute Gasteiger partial charge is 0.481 e. The molecule has 12 atom stereocenters. The molecule has 2 heterocycles. The van der Waals surface area contributed by atoms with Crippen molar-refractivity contribution in [3.63, 3.8) is 0 Å².